The summed E-state index contributed by atoms with van der Waals surface area (Å²) < 4.78 is 0. The quantitative estimate of drug-likeness (QED) is 0.848. The Labute approximate surface area is 152 Å². The van der Waals surface area contributed by atoms with Crippen LogP contribution in [0.1, 0.15) is 41.6 Å². The van der Waals surface area contributed by atoms with E-state index in [0.717, 1.165) is 50.9 Å². The Morgan fingerprint density at radius 3 is 2.65 bits per heavy atom. The third-order valence-electron chi connectivity index (χ3n) is 5.50. The number of amides is 4. The number of carbonyl (C=O) groups excluding carboxylic acids is 3. The average Bonchev–Trinajstić information content (AvgIpc) is 3.32. The first kappa shape index (κ1) is 16.9. The highest BCUT2D eigenvalue weighted by molar-refractivity contribution is 6.00. The van der Waals surface area contributed by atoms with Crippen molar-refractivity contribution in [2.24, 2.45) is 5.92 Å². The van der Waals surface area contributed by atoms with Gasteiger partial charge in [0.25, 0.3) is 5.91 Å². The molecule has 7 nitrogen and oxygen atoms in total. The van der Waals surface area contributed by atoms with E-state index in [1.165, 1.54) is 0 Å². The van der Waals surface area contributed by atoms with E-state index in [4.69, 9.17) is 0 Å². The van der Waals surface area contributed by atoms with Crippen molar-refractivity contribution in [2.75, 3.05) is 31.5 Å². The van der Waals surface area contributed by atoms with Crippen LogP contribution in [0.3, 0.4) is 0 Å². The molecule has 26 heavy (non-hydrogen) atoms. The zero-order chi connectivity index (χ0) is 18.1. The Balaban J connectivity index is 1.39. The smallest absolute Gasteiger partial charge is 0.320 e. The molecule has 1 atom stereocenters. The second-order valence-corrected chi connectivity index (χ2v) is 7.31. The molecule has 3 heterocycles. The molecule has 2 N–H and O–H groups in total. The standard InChI is InChI=1S/C19H24N4O3/c24-17(21-15-6-5-13-11-20-18(25)16(13)10-15)14-4-3-9-23(12-14)19(26)22-7-1-2-8-22/h5-6,10,14H,1-4,7-9,11-12H2,(H,20,25)(H,21,24). The Kier molecular flexibility index (Phi) is 4.53. The Hall–Kier alpha value is -2.57. The van der Waals surface area contributed by atoms with Crippen LogP contribution < -0.4 is 10.6 Å². The summed E-state index contributed by atoms with van der Waals surface area (Å²) in [4.78, 5) is 40.7. The first-order chi connectivity index (χ1) is 12.6. The molecule has 1 unspecified atom stereocenters. The maximum atomic E-state index is 12.7. The zero-order valence-electron chi connectivity index (χ0n) is 14.8. The molecule has 0 aliphatic carbocycles. The van der Waals surface area contributed by atoms with Crippen LogP contribution in [0.5, 0.6) is 0 Å². The van der Waals surface area contributed by atoms with Gasteiger partial charge in [0.2, 0.25) is 5.91 Å². The van der Waals surface area contributed by atoms with Crippen molar-refractivity contribution in [3.05, 3.63) is 29.3 Å². The van der Waals surface area contributed by atoms with Crippen molar-refractivity contribution >= 4 is 23.5 Å². The van der Waals surface area contributed by atoms with Gasteiger partial charge in [-0.3, -0.25) is 9.59 Å². The van der Waals surface area contributed by atoms with Crippen LogP contribution >= 0.6 is 0 Å². The minimum absolute atomic E-state index is 0.0641. The van der Waals surface area contributed by atoms with E-state index < -0.39 is 0 Å². The third kappa shape index (κ3) is 3.25. The molecule has 3 aliphatic rings. The SMILES string of the molecule is O=C1NCc2ccc(NC(=O)C3CCCN(C(=O)N4CCCC4)C3)cc21. The number of nitrogens with one attached hydrogen (secondary N) is 2. The number of carbonyl (C=O) groups is 3. The largest absolute Gasteiger partial charge is 0.348 e. The fourth-order valence-electron chi connectivity index (χ4n) is 4.01. The number of piperidine rings is 1. The molecule has 1 aromatic rings. The van der Waals surface area contributed by atoms with E-state index in [-0.39, 0.29) is 23.8 Å². The molecular weight excluding hydrogens is 332 g/mol. The molecular formula is C19H24N4O3. The monoisotopic (exact) mass is 356 g/mol. The summed E-state index contributed by atoms with van der Waals surface area (Å²) in [5, 5.41) is 5.69. The van der Waals surface area contributed by atoms with Gasteiger partial charge < -0.3 is 20.4 Å². The summed E-state index contributed by atoms with van der Waals surface area (Å²) in [6, 6.07) is 5.49. The van der Waals surface area contributed by atoms with Gasteiger partial charge in [0, 0.05) is 44.0 Å². The number of hydrogen-bond acceptors (Lipinski definition) is 3. The van der Waals surface area contributed by atoms with Crippen molar-refractivity contribution in [3.63, 3.8) is 0 Å². The molecule has 1 aromatic carbocycles. The minimum Gasteiger partial charge on any atom is -0.348 e. The van der Waals surface area contributed by atoms with Crippen LogP contribution in [0.15, 0.2) is 18.2 Å². The van der Waals surface area contributed by atoms with Gasteiger partial charge in [-0.2, -0.15) is 0 Å². The van der Waals surface area contributed by atoms with E-state index in [1.54, 1.807) is 6.07 Å². The lowest BCUT2D eigenvalue weighted by Gasteiger charge is -2.34. The molecule has 0 aromatic heterocycles. The fraction of sp³-hybridized carbons (Fsp3) is 0.526. The first-order valence-electron chi connectivity index (χ1n) is 9.37. The highest BCUT2D eigenvalue weighted by Crippen LogP contribution is 2.23. The molecule has 7 heteroatoms. The van der Waals surface area contributed by atoms with Crippen LogP contribution in [-0.4, -0.2) is 53.8 Å². The molecule has 0 spiro atoms. The summed E-state index contributed by atoms with van der Waals surface area (Å²) in [6.45, 7) is 3.37. The van der Waals surface area contributed by atoms with Crippen molar-refractivity contribution in [1.29, 1.82) is 0 Å². The number of fused-ring (bicyclic) bond motifs is 1. The lowest BCUT2D eigenvalue weighted by molar-refractivity contribution is -0.121. The molecule has 138 valence electrons. The van der Waals surface area contributed by atoms with Crippen LogP contribution in [0.2, 0.25) is 0 Å². The van der Waals surface area contributed by atoms with Gasteiger partial charge in [0.05, 0.1) is 5.92 Å². The first-order valence-corrected chi connectivity index (χ1v) is 9.37. The van der Waals surface area contributed by atoms with Crippen molar-refractivity contribution in [3.8, 4) is 0 Å². The molecule has 0 bridgehead atoms. The molecule has 4 amide bonds. The summed E-state index contributed by atoms with van der Waals surface area (Å²) in [6.07, 6.45) is 3.75. The normalized spacial score (nSPS) is 22.2. The minimum atomic E-state index is -0.211. The van der Waals surface area contributed by atoms with Gasteiger partial charge >= 0.3 is 6.03 Å². The third-order valence-corrected chi connectivity index (χ3v) is 5.50. The van der Waals surface area contributed by atoms with Crippen LogP contribution in [-0.2, 0) is 11.3 Å². The Bertz CT molecular complexity index is 742. The lowest BCUT2D eigenvalue weighted by atomic mass is 9.97. The van der Waals surface area contributed by atoms with Crippen LogP contribution in [0.25, 0.3) is 0 Å². The molecule has 3 aliphatic heterocycles. The fourth-order valence-corrected chi connectivity index (χ4v) is 4.01. The number of nitrogens with zero attached hydrogens (tertiary/aromatic N) is 2. The van der Waals surface area contributed by atoms with E-state index in [0.29, 0.717) is 24.3 Å². The number of hydrogen-bond donors (Lipinski definition) is 2. The van der Waals surface area contributed by atoms with Gasteiger partial charge in [-0.15, -0.1) is 0 Å². The van der Waals surface area contributed by atoms with E-state index in [9.17, 15) is 14.4 Å². The average molecular weight is 356 g/mol. The summed E-state index contributed by atoms with van der Waals surface area (Å²) >= 11 is 0. The van der Waals surface area contributed by atoms with E-state index >= 15 is 0 Å². The highest BCUT2D eigenvalue weighted by Gasteiger charge is 2.31. The van der Waals surface area contributed by atoms with Gasteiger partial charge in [-0.05, 0) is 43.4 Å². The maximum absolute atomic E-state index is 12.7. The van der Waals surface area contributed by atoms with E-state index in [1.807, 2.05) is 21.9 Å². The van der Waals surface area contributed by atoms with Crippen molar-refractivity contribution < 1.29 is 14.4 Å². The number of benzene rings is 1. The lowest BCUT2D eigenvalue weighted by Crippen LogP contribution is -2.48. The van der Waals surface area contributed by atoms with Gasteiger partial charge in [0.15, 0.2) is 0 Å². The zero-order valence-corrected chi connectivity index (χ0v) is 14.8. The topological polar surface area (TPSA) is 81.8 Å². The van der Waals surface area contributed by atoms with Gasteiger partial charge in [-0.25, -0.2) is 4.79 Å². The molecule has 4 rings (SSSR count). The molecule has 0 radical (unpaired) electrons. The molecule has 2 fully saturated rings. The number of anilines is 1. The highest BCUT2D eigenvalue weighted by atomic mass is 16.2. The van der Waals surface area contributed by atoms with Gasteiger partial charge in [-0.1, -0.05) is 6.07 Å². The van der Waals surface area contributed by atoms with Crippen LogP contribution in [0, 0.1) is 5.92 Å². The van der Waals surface area contributed by atoms with Gasteiger partial charge in [0.1, 0.15) is 0 Å². The predicted octanol–water partition coefficient (Wildman–Crippen LogP) is 1.80. The summed E-state index contributed by atoms with van der Waals surface area (Å²) in [7, 11) is 0. The Morgan fingerprint density at radius 2 is 1.85 bits per heavy atom. The van der Waals surface area contributed by atoms with Crippen molar-refractivity contribution in [1.82, 2.24) is 15.1 Å². The summed E-state index contributed by atoms with van der Waals surface area (Å²) in [5.74, 6) is -0.393. The predicted molar refractivity (Wildman–Crippen MR) is 96.7 cm³/mol. The molecule has 0 saturated carbocycles. The molecule has 2 saturated heterocycles. The van der Waals surface area contributed by atoms with Crippen molar-refractivity contribution in [2.45, 2.75) is 32.2 Å². The number of likely N-dealkylation sites (tertiary alicyclic amines) is 2. The second kappa shape index (κ2) is 6.97. The maximum Gasteiger partial charge on any atom is 0.320 e. The second-order valence-electron chi connectivity index (χ2n) is 7.31. The Morgan fingerprint density at radius 1 is 1.08 bits per heavy atom. The number of urea groups is 1. The summed E-state index contributed by atoms with van der Waals surface area (Å²) in [5.41, 5.74) is 2.21. The van der Waals surface area contributed by atoms with Crippen LogP contribution in [0.4, 0.5) is 10.5 Å². The van der Waals surface area contributed by atoms with E-state index in [2.05, 4.69) is 10.6 Å². The number of rotatable bonds is 2.